The van der Waals surface area contributed by atoms with Gasteiger partial charge in [0.15, 0.2) is 0 Å². The van der Waals surface area contributed by atoms with Crippen LogP contribution in [-0.4, -0.2) is 50.7 Å². The summed E-state index contributed by atoms with van der Waals surface area (Å²) in [4.78, 5) is 31.2. The van der Waals surface area contributed by atoms with Crippen molar-refractivity contribution < 1.29 is 23.8 Å². The van der Waals surface area contributed by atoms with Gasteiger partial charge in [0.25, 0.3) is 0 Å². The molecule has 0 aliphatic carbocycles. The lowest BCUT2D eigenvalue weighted by Crippen LogP contribution is -2.34. The first-order chi connectivity index (χ1) is 16.1. The quantitative estimate of drug-likeness (QED) is 0.505. The van der Waals surface area contributed by atoms with E-state index in [0.717, 1.165) is 16.7 Å². The molecule has 0 bridgehead atoms. The zero-order valence-corrected chi connectivity index (χ0v) is 18.7. The minimum absolute atomic E-state index is 0.117. The molecule has 2 amide bonds. The Balaban J connectivity index is 1.28. The highest BCUT2D eigenvalue weighted by Gasteiger charge is 2.36. The number of nitrogens with zero attached hydrogens (tertiary/aromatic N) is 2. The third-order valence-electron chi connectivity index (χ3n) is 5.65. The van der Waals surface area contributed by atoms with Crippen molar-refractivity contribution in [1.82, 2.24) is 10.3 Å². The Morgan fingerprint density at radius 1 is 1.12 bits per heavy atom. The van der Waals surface area contributed by atoms with Crippen LogP contribution in [0, 0.1) is 5.92 Å². The van der Waals surface area contributed by atoms with E-state index < -0.39 is 5.92 Å². The van der Waals surface area contributed by atoms with Crippen LogP contribution in [-0.2, 0) is 9.59 Å². The van der Waals surface area contributed by atoms with Gasteiger partial charge in [-0.1, -0.05) is 18.2 Å². The molecule has 8 heteroatoms. The SMILES string of the molecule is COc1ccc(OC)c(N2CC(C(=O)NCCCOc3cccc4cccnc34)CC2=O)c1. The predicted molar refractivity (Wildman–Crippen MR) is 125 cm³/mol. The molecule has 2 heterocycles. The van der Waals surface area contributed by atoms with Gasteiger partial charge in [0.05, 0.1) is 32.4 Å². The molecule has 4 rings (SSSR count). The molecule has 172 valence electrons. The first-order valence-corrected chi connectivity index (χ1v) is 10.9. The van der Waals surface area contributed by atoms with Crippen molar-refractivity contribution in [3.63, 3.8) is 0 Å². The molecule has 1 aliphatic heterocycles. The fourth-order valence-corrected chi connectivity index (χ4v) is 3.93. The average molecular weight is 450 g/mol. The zero-order valence-electron chi connectivity index (χ0n) is 18.7. The molecule has 1 fully saturated rings. The molecule has 2 aromatic carbocycles. The number of aromatic nitrogens is 1. The summed E-state index contributed by atoms with van der Waals surface area (Å²) in [6.07, 6.45) is 2.54. The first kappa shape index (κ1) is 22.4. The fraction of sp³-hybridized carbons (Fsp3) is 0.320. The van der Waals surface area contributed by atoms with E-state index in [-0.39, 0.29) is 18.2 Å². The van der Waals surface area contributed by atoms with Gasteiger partial charge in [-0.2, -0.15) is 0 Å². The van der Waals surface area contributed by atoms with Gasteiger partial charge in [-0.15, -0.1) is 0 Å². The smallest absolute Gasteiger partial charge is 0.227 e. The second kappa shape index (κ2) is 10.2. The fourth-order valence-electron chi connectivity index (χ4n) is 3.93. The number of amides is 2. The molecule has 1 N–H and O–H groups in total. The van der Waals surface area contributed by atoms with E-state index in [1.54, 1.807) is 43.5 Å². The molecule has 1 aromatic heterocycles. The molecule has 33 heavy (non-hydrogen) atoms. The Morgan fingerprint density at radius 3 is 2.79 bits per heavy atom. The number of pyridine rings is 1. The Kier molecular flexibility index (Phi) is 6.92. The summed E-state index contributed by atoms with van der Waals surface area (Å²) in [7, 11) is 3.11. The molecular formula is C25H27N3O5. The van der Waals surface area contributed by atoms with Gasteiger partial charge < -0.3 is 24.4 Å². The molecule has 1 aliphatic rings. The number of hydrogen-bond donors (Lipinski definition) is 1. The van der Waals surface area contributed by atoms with Crippen molar-refractivity contribution in [3.05, 3.63) is 54.7 Å². The van der Waals surface area contributed by atoms with E-state index in [4.69, 9.17) is 14.2 Å². The highest BCUT2D eigenvalue weighted by Crippen LogP contribution is 2.36. The molecule has 1 atom stereocenters. The number of anilines is 1. The summed E-state index contributed by atoms with van der Waals surface area (Å²) in [6, 6.07) is 15.0. The van der Waals surface area contributed by atoms with Gasteiger partial charge in [0.1, 0.15) is 22.8 Å². The van der Waals surface area contributed by atoms with Crippen molar-refractivity contribution in [1.29, 1.82) is 0 Å². The Morgan fingerprint density at radius 2 is 1.97 bits per heavy atom. The molecule has 0 radical (unpaired) electrons. The summed E-state index contributed by atoms with van der Waals surface area (Å²) < 4.78 is 16.5. The Bertz CT molecular complexity index is 1140. The third-order valence-corrected chi connectivity index (χ3v) is 5.65. The number of para-hydroxylation sites is 1. The van der Waals surface area contributed by atoms with Crippen LogP contribution in [0.1, 0.15) is 12.8 Å². The minimum atomic E-state index is -0.420. The van der Waals surface area contributed by atoms with Crippen LogP contribution in [0.15, 0.2) is 54.7 Å². The van der Waals surface area contributed by atoms with E-state index in [2.05, 4.69) is 10.3 Å². The van der Waals surface area contributed by atoms with Gasteiger partial charge >= 0.3 is 0 Å². The summed E-state index contributed by atoms with van der Waals surface area (Å²) in [6.45, 7) is 1.21. The van der Waals surface area contributed by atoms with Crippen molar-refractivity contribution >= 4 is 28.4 Å². The van der Waals surface area contributed by atoms with Crippen LogP contribution < -0.4 is 24.4 Å². The number of nitrogens with one attached hydrogen (secondary N) is 1. The molecule has 1 unspecified atom stereocenters. The molecule has 1 saturated heterocycles. The summed E-state index contributed by atoms with van der Waals surface area (Å²) in [5.41, 5.74) is 1.43. The maximum Gasteiger partial charge on any atom is 0.227 e. The monoisotopic (exact) mass is 449 g/mol. The number of methoxy groups -OCH3 is 2. The highest BCUT2D eigenvalue weighted by atomic mass is 16.5. The maximum atomic E-state index is 12.7. The lowest BCUT2D eigenvalue weighted by atomic mass is 10.1. The number of benzene rings is 2. The molecular weight excluding hydrogens is 422 g/mol. The van der Waals surface area contributed by atoms with Crippen molar-refractivity contribution in [2.24, 2.45) is 5.92 Å². The van der Waals surface area contributed by atoms with E-state index in [1.165, 1.54) is 0 Å². The Labute approximate surface area is 192 Å². The van der Waals surface area contributed by atoms with Gasteiger partial charge in [0, 0.05) is 37.2 Å². The number of fused-ring (bicyclic) bond motifs is 1. The molecule has 0 saturated carbocycles. The standard InChI is InChI=1S/C25H27N3O5/c1-31-19-9-10-21(32-2)20(15-19)28-16-18(14-23(28)29)25(30)27-12-5-13-33-22-8-3-6-17-7-4-11-26-24(17)22/h3-4,6-11,15,18H,5,12-14,16H2,1-2H3,(H,27,30). The second-order valence-electron chi connectivity index (χ2n) is 7.77. The van der Waals surface area contributed by atoms with Crippen molar-refractivity contribution in [3.8, 4) is 17.2 Å². The van der Waals surface area contributed by atoms with E-state index in [1.807, 2.05) is 30.3 Å². The van der Waals surface area contributed by atoms with Crippen LogP contribution in [0.25, 0.3) is 10.9 Å². The second-order valence-corrected chi connectivity index (χ2v) is 7.77. The van der Waals surface area contributed by atoms with Gasteiger partial charge in [-0.05, 0) is 30.7 Å². The van der Waals surface area contributed by atoms with Gasteiger partial charge in [-0.3, -0.25) is 14.6 Å². The van der Waals surface area contributed by atoms with E-state index >= 15 is 0 Å². The number of rotatable bonds is 9. The average Bonchev–Trinajstić information content (AvgIpc) is 3.24. The highest BCUT2D eigenvalue weighted by molar-refractivity contribution is 6.01. The van der Waals surface area contributed by atoms with Crippen LogP contribution in [0.2, 0.25) is 0 Å². The first-order valence-electron chi connectivity index (χ1n) is 10.9. The third kappa shape index (κ3) is 5.00. The Hall–Kier alpha value is -3.81. The summed E-state index contributed by atoms with van der Waals surface area (Å²) >= 11 is 0. The minimum Gasteiger partial charge on any atom is -0.497 e. The van der Waals surface area contributed by atoms with Gasteiger partial charge in [-0.25, -0.2) is 0 Å². The normalized spacial score (nSPS) is 15.5. The van der Waals surface area contributed by atoms with Crippen LogP contribution >= 0.6 is 0 Å². The maximum absolute atomic E-state index is 12.7. The lowest BCUT2D eigenvalue weighted by molar-refractivity contribution is -0.126. The largest absolute Gasteiger partial charge is 0.497 e. The van der Waals surface area contributed by atoms with Gasteiger partial charge in [0.2, 0.25) is 11.8 Å². The van der Waals surface area contributed by atoms with Crippen molar-refractivity contribution in [2.75, 3.05) is 38.8 Å². The zero-order chi connectivity index (χ0) is 23.2. The summed E-state index contributed by atoms with van der Waals surface area (Å²) in [5, 5.41) is 3.94. The molecule has 0 spiro atoms. The number of carbonyl (C=O) groups excluding carboxylic acids is 2. The lowest BCUT2D eigenvalue weighted by Gasteiger charge is -2.20. The van der Waals surface area contributed by atoms with E-state index in [9.17, 15) is 9.59 Å². The number of hydrogen-bond acceptors (Lipinski definition) is 6. The van der Waals surface area contributed by atoms with Crippen LogP contribution in [0.4, 0.5) is 5.69 Å². The predicted octanol–water partition coefficient (Wildman–Crippen LogP) is 3.19. The number of ether oxygens (including phenoxy) is 3. The molecule has 3 aromatic rings. The summed E-state index contributed by atoms with van der Waals surface area (Å²) in [5.74, 6) is 1.23. The number of carbonyl (C=O) groups is 2. The van der Waals surface area contributed by atoms with Crippen LogP contribution in [0.5, 0.6) is 17.2 Å². The van der Waals surface area contributed by atoms with E-state index in [0.29, 0.717) is 43.3 Å². The van der Waals surface area contributed by atoms with Crippen LogP contribution in [0.3, 0.4) is 0 Å². The molecule has 8 nitrogen and oxygen atoms in total. The van der Waals surface area contributed by atoms with Crippen molar-refractivity contribution in [2.45, 2.75) is 12.8 Å². The topological polar surface area (TPSA) is 90.0 Å².